The highest BCUT2D eigenvalue weighted by molar-refractivity contribution is 5.88. The Morgan fingerprint density at radius 3 is 2.70 bits per heavy atom. The Bertz CT molecular complexity index is 808. The van der Waals surface area contributed by atoms with Crippen LogP contribution >= 0.6 is 0 Å². The molecule has 0 atom stereocenters. The number of rotatable bonds is 3. The van der Waals surface area contributed by atoms with Gasteiger partial charge in [0.1, 0.15) is 11.8 Å². The van der Waals surface area contributed by atoms with E-state index in [0.29, 0.717) is 5.82 Å². The molecule has 1 aliphatic heterocycles. The molecule has 3 aromatic rings. The Labute approximate surface area is 134 Å². The molecule has 3 heterocycles. The lowest BCUT2D eigenvalue weighted by Crippen LogP contribution is -2.36. The molecular formula is C17H19N5O. The Morgan fingerprint density at radius 2 is 1.91 bits per heavy atom. The van der Waals surface area contributed by atoms with E-state index in [-0.39, 0.29) is 0 Å². The van der Waals surface area contributed by atoms with Crippen molar-refractivity contribution in [2.75, 3.05) is 32.0 Å². The molecule has 23 heavy (non-hydrogen) atoms. The fraction of sp³-hybridized carbons (Fsp3) is 0.294. The largest absolute Gasteiger partial charge is 0.382 e. The minimum Gasteiger partial charge on any atom is -0.382 e. The number of benzene rings is 1. The monoisotopic (exact) mass is 309 g/mol. The van der Waals surface area contributed by atoms with E-state index in [1.165, 1.54) is 6.33 Å². The molecule has 1 aliphatic rings. The maximum Gasteiger partial charge on any atom is 0.151 e. The van der Waals surface area contributed by atoms with Crippen LogP contribution in [0.5, 0.6) is 0 Å². The number of hydrogen-bond donors (Lipinski definition) is 1. The zero-order chi connectivity index (χ0) is 15.6. The second-order valence-electron chi connectivity index (χ2n) is 5.71. The summed E-state index contributed by atoms with van der Waals surface area (Å²) in [5, 5.41) is 4.42. The van der Waals surface area contributed by atoms with Gasteiger partial charge < -0.3 is 10.5 Å². The van der Waals surface area contributed by atoms with E-state index in [4.69, 9.17) is 10.5 Å². The van der Waals surface area contributed by atoms with E-state index < -0.39 is 0 Å². The molecule has 1 fully saturated rings. The first kappa shape index (κ1) is 14.2. The van der Waals surface area contributed by atoms with Crippen LogP contribution in [0.3, 0.4) is 0 Å². The van der Waals surface area contributed by atoms with Crippen LogP contribution in [0.2, 0.25) is 0 Å². The molecule has 4 rings (SSSR count). The molecule has 0 spiro atoms. The van der Waals surface area contributed by atoms with Crippen molar-refractivity contribution in [1.82, 2.24) is 19.5 Å². The molecule has 1 saturated heterocycles. The number of morpholine rings is 1. The van der Waals surface area contributed by atoms with Gasteiger partial charge in [-0.05, 0) is 11.6 Å². The third-order valence-electron chi connectivity index (χ3n) is 4.23. The van der Waals surface area contributed by atoms with Crippen LogP contribution in [0.15, 0.2) is 42.7 Å². The number of aromatic nitrogens is 3. The van der Waals surface area contributed by atoms with Crippen molar-refractivity contribution in [3.8, 4) is 11.1 Å². The van der Waals surface area contributed by atoms with E-state index in [1.54, 1.807) is 0 Å². The van der Waals surface area contributed by atoms with Gasteiger partial charge in [0.15, 0.2) is 5.82 Å². The lowest BCUT2D eigenvalue weighted by atomic mass is 10.1. The summed E-state index contributed by atoms with van der Waals surface area (Å²) < 4.78 is 7.34. The van der Waals surface area contributed by atoms with Crippen LogP contribution in [0.25, 0.3) is 16.6 Å². The molecule has 0 radical (unpaired) electrons. The van der Waals surface area contributed by atoms with Crippen molar-refractivity contribution in [3.05, 3.63) is 48.4 Å². The average Bonchev–Trinajstić information content (AvgIpc) is 2.97. The van der Waals surface area contributed by atoms with Gasteiger partial charge >= 0.3 is 0 Å². The first-order valence-corrected chi connectivity index (χ1v) is 7.79. The lowest BCUT2D eigenvalue weighted by Gasteiger charge is -2.26. The quantitative estimate of drug-likeness (QED) is 0.799. The van der Waals surface area contributed by atoms with E-state index in [1.807, 2.05) is 22.7 Å². The molecule has 6 nitrogen and oxygen atoms in total. The summed E-state index contributed by atoms with van der Waals surface area (Å²) in [7, 11) is 0. The van der Waals surface area contributed by atoms with Gasteiger partial charge in [-0.15, -0.1) is 0 Å². The van der Waals surface area contributed by atoms with Gasteiger partial charge in [0.25, 0.3) is 0 Å². The third kappa shape index (κ3) is 2.67. The maximum atomic E-state index is 6.14. The van der Waals surface area contributed by atoms with Gasteiger partial charge in [-0.1, -0.05) is 30.3 Å². The lowest BCUT2D eigenvalue weighted by molar-refractivity contribution is 0.0334. The number of nitrogens with two attached hydrogens (primary N) is 1. The summed E-state index contributed by atoms with van der Waals surface area (Å²) in [6, 6.07) is 12.4. The zero-order valence-electron chi connectivity index (χ0n) is 12.9. The van der Waals surface area contributed by atoms with E-state index in [2.05, 4.69) is 33.2 Å². The van der Waals surface area contributed by atoms with Crippen molar-refractivity contribution in [1.29, 1.82) is 0 Å². The summed E-state index contributed by atoms with van der Waals surface area (Å²) in [6.45, 7) is 4.27. The third-order valence-corrected chi connectivity index (χ3v) is 4.23. The van der Waals surface area contributed by atoms with Crippen molar-refractivity contribution in [3.63, 3.8) is 0 Å². The molecule has 2 aromatic heterocycles. The van der Waals surface area contributed by atoms with E-state index in [0.717, 1.165) is 55.2 Å². The molecule has 0 bridgehead atoms. The molecule has 6 heteroatoms. The van der Waals surface area contributed by atoms with Crippen LogP contribution < -0.4 is 5.73 Å². The van der Waals surface area contributed by atoms with Gasteiger partial charge in [0.05, 0.1) is 18.9 Å². The van der Waals surface area contributed by atoms with Gasteiger partial charge in [-0.2, -0.15) is 5.10 Å². The van der Waals surface area contributed by atoms with Crippen molar-refractivity contribution in [2.45, 2.75) is 6.54 Å². The van der Waals surface area contributed by atoms with Gasteiger partial charge in [-0.3, -0.25) is 4.90 Å². The topological polar surface area (TPSA) is 68.7 Å². The second kappa shape index (κ2) is 5.98. The SMILES string of the molecule is Nc1ncnn2c(CN3CCOCC3)cc(-c3ccccc3)c12. The predicted octanol–water partition coefficient (Wildman–Crippen LogP) is 1.81. The highest BCUT2D eigenvalue weighted by Gasteiger charge is 2.18. The second-order valence-corrected chi connectivity index (χ2v) is 5.71. The molecule has 0 unspecified atom stereocenters. The molecule has 1 aromatic carbocycles. The minimum atomic E-state index is 0.507. The van der Waals surface area contributed by atoms with Crippen LogP contribution in [0.1, 0.15) is 5.69 Å². The molecule has 118 valence electrons. The normalized spacial score (nSPS) is 16.0. The summed E-state index contributed by atoms with van der Waals surface area (Å²) in [5.74, 6) is 0.507. The maximum absolute atomic E-state index is 6.14. The smallest absolute Gasteiger partial charge is 0.151 e. The van der Waals surface area contributed by atoms with E-state index >= 15 is 0 Å². The van der Waals surface area contributed by atoms with Crippen LogP contribution in [0, 0.1) is 0 Å². The number of nitrogen functional groups attached to an aromatic ring is 1. The molecule has 0 saturated carbocycles. The first-order chi connectivity index (χ1) is 11.3. The Morgan fingerprint density at radius 1 is 1.13 bits per heavy atom. The van der Waals surface area contributed by atoms with E-state index in [9.17, 15) is 0 Å². The first-order valence-electron chi connectivity index (χ1n) is 7.79. The summed E-state index contributed by atoms with van der Waals surface area (Å²) in [6.07, 6.45) is 1.51. The van der Waals surface area contributed by atoms with Crippen LogP contribution in [-0.4, -0.2) is 45.8 Å². The van der Waals surface area contributed by atoms with Crippen LogP contribution in [-0.2, 0) is 11.3 Å². The number of fused-ring (bicyclic) bond motifs is 1. The summed E-state index contributed by atoms with van der Waals surface area (Å²) in [4.78, 5) is 6.54. The summed E-state index contributed by atoms with van der Waals surface area (Å²) in [5.41, 5.74) is 10.3. The highest BCUT2D eigenvalue weighted by Crippen LogP contribution is 2.30. The molecular weight excluding hydrogens is 290 g/mol. The van der Waals surface area contributed by atoms with Crippen molar-refractivity contribution < 1.29 is 4.74 Å². The van der Waals surface area contributed by atoms with Crippen LogP contribution in [0.4, 0.5) is 5.82 Å². The Kier molecular flexibility index (Phi) is 3.69. The van der Waals surface area contributed by atoms with Gasteiger partial charge in [-0.25, -0.2) is 9.50 Å². The number of nitrogens with zero attached hydrogens (tertiary/aromatic N) is 4. The molecule has 0 amide bonds. The number of anilines is 1. The standard InChI is InChI=1S/C17H19N5O/c18-17-16-15(13-4-2-1-3-5-13)10-14(22(16)20-12-19-17)11-21-6-8-23-9-7-21/h1-5,10,12H,6-9,11H2,(H2,18,19,20). The average molecular weight is 309 g/mol. The van der Waals surface area contributed by atoms with Gasteiger partial charge in [0.2, 0.25) is 0 Å². The van der Waals surface area contributed by atoms with Gasteiger partial charge in [0, 0.05) is 25.2 Å². The minimum absolute atomic E-state index is 0.507. The van der Waals surface area contributed by atoms with Crippen molar-refractivity contribution in [2.24, 2.45) is 0 Å². The number of hydrogen-bond acceptors (Lipinski definition) is 5. The molecule has 0 aliphatic carbocycles. The highest BCUT2D eigenvalue weighted by atomic mass is 16.5. The summed E-state index contributed by atoms with van der Waals surface area (Å²) >= 11 is 0. The predicted molar refractivity (Wildman–Crippen MR) is 88.9 cm³/mol. The zero-order valence-corrected chi connectivity index (χ0v) is 12.9. The number of ether oxygens (including phenoxy) is 1. The fourth-order valence-electron chi connectivity index (χ4n) is 3.07. The molecule has 2 N–H and O–H groups in total. The Hall–Kier alpha value is -2.44. The Balaban J connectivity index is 1.80. The fourth-order valence-corrected chi connectivity index (χ4v) is 3.07. The van der Waals surface area contributed by atoms with Crippen molar-refractivity contribution >= 4 is 11.3 Å².